The highest BCUT2D eigenvalue weighted by Crippen LogP contribution is 2.26. The first kappa shape index (κ1) is 20.8. The lowest BCUT2D eigenvalue weighted by Gasteiger charge is -2.20. The van der Waals surface area contributed by atoms with Crippen LogP contribution >= 0.6 is 0 Å². The SMILES string of the molecule is CC(=O)C(Cc1ccccc1S(=O)(=O)N1CCCC1)C(=O)CCC(C)C. The van der Waals surface area contributed by atoms with Gasteiger partial charge in [-0.1, -0.05) is 32.0 Å². The number of hydrogen-bond acceptors (Lipinski definition) is 4. The summed E-state index contributed by atoms with van der Waals surface area (Å²) in [4.78, 5) is 24.8. The highest BCUT2D eigenvalue weighted by Gasteiger charge is 2.31. The lowest BCUT2D eigenvalue weighted by Crippen LogP contribution is -2.30. The Morgan fingerprint density at radius 2 is 1.73 bits per heavy atom. The fourth-order valence-corrected chi connectivity index (χ4v) is 5.05. The van der Waals surface area contributed by atoms with E-state index in [1.807, 2.05) is 13.8 Å². The third-order valence-electron chi connectivity index (χ3n) is 4.93. The molecule has 0 aliphatic carbocycles. The van der Waals surface area contributed by atoms with Gasteiger partial charge < -0.3 is 0 Å². The molecule has 1 saturated heterocycles. The molecular formula is C20H29NO4S. The Morgan fingerprint density at radius 1 is 1.12 bits per heavy atom. The maximum Gasteiger partial charge on any atom is 0.243 e. The Kier molecular flexibility index (Phi) is 7.12. The first-order valence-corrected chi connectivity index (χ1v) is 10.8. The Hall–Kier alpha value is -1.53. The number of benzene rings is 1. The molecule has 0 spiro atoms. The zero-order chi connectivity index (χ0) is 19.3. The molecule has 1 unspecified atom stereocenters. The van der Waals surface area contributed by atoms with Crippen molar-refractivity contribution in [3.63, 3.8) is 0 Å². The van der Waals surface area contributed by atoms with Crippen LogP contribution < -0.4 is 0 Å². The van der Waals surface area contributed by atoms with Gasteiger partial charge in [0.15, 0.2) is 0 Å². The van der Waals surface area contributed by atoms with Gasteiger partial charge in [-0.15, -0.1) is 0 Å². The average Bonchev–Trinajstić information content (AvgIpc) is 3.13. The fraction of sp³-hybridized carbons (Fsp3) is 0.600. The molecule has 1 heterocycles. The molecule has 0 N–H and O–H groups in total. The molecule has 2 rings (SSSR count). The Morgan fingerprint density at radius 3 is 2.31 bits per heavy atom. The first-order chi connectivity index (χ1) is 12.2. The monoisotopic (exact) mass is 379 g/mol. The normalized spacial score (nSPS) is 16.8. The number of carbonyl (C=O) groups excluding carboxylic acids is 2. The number of sulfonamides is 1. The van der Waals surface area contributed by atoms with Crippen molar-refractivity contribution in [2.75, 3.05) is 13.1 Å². The van der Waals surface area contributed by atoms with Crippen molar-refractivity contribution in [2.45, 2.75) is 57.8 Å². The number of Topliss-reactive ketones (excluding diaryl/α,β-unsaturated/α-hetero) is 2. The van der Waals surface area contributed by atoms with Crippen LogP contribution in [-0.2, 0) is 26.0 Å². The molecule has 6 heteroatoms. The lowest BCUT2D eigenvalue weighted by atomic mass is 9.88. The van der Waals surface area contributed by atoms with Gasteiger partial charge in [0, 0.05) is 19.5 Å². The summed E-state index contributed by atoms with van der Waals surface area (Å²) in [6, 6.07) is 6.75. The summed E-state index contributed by atoms with van der Waals surface area (Å²) in [5.41, 5.74) is 0.553. The molecule has 144 valence electrons. The van der Waals surface area contributed by atoms with Gasteiger partial charge >= 0.3 is 0 Å². The topological polar surface area (TPSA) is 71.5 Å². The van der Waals surface area contributed by atoms with E-state index in [9.17, 15) is 18.0 Å². The summed E-state index contributed by atoms with van der Waals surface area (Å²) >= 11 is 0. The van der Waals surface area contributed by atoms with Gasteiger partial charge in [0.2, 0.25) is 10.0 Å². The zero-order valence-electron chi connectivity index (χ0n) is 15.9. The van der Waals surface area contributed by atoms with E-state index in [4.69, 9.17) is 0 Å². The maximum atomic E-state index is 12.9. The van der Waals surface area contributed by atoms with Crippen LogP contribution in [0.2, 0.25) is 0 Å². The molecule has 1 aromatic carbocycles. The van der Waals surface area contributed by atoms with Crippen LogP contribution in [0.3, 0.4) is 0 Å². The standard InChI is InChI=1S/C20H29NO4S/c1-15(2)10-11-19(23)18(16(3)22)14-17-8-4-5-9-20(17)26(24,25)21-12-6-7-13-21/h4-5,8-9,15,18H,6-7,10-14H2,1-3H3. The minimum Gasteiger partial charge on any atom is -0.299 e. The summed E-state index contributed by atoms with van der Waals surface area (Å²) in [7, 11) is -3.58. The van der Waals surface area contributed by atoms with Crippen LogP contribution in [0.25, 0.3) is 0 Å². The third kappa shape index (κ3) is 5.01. The van der Waals surface area contributed by atoms with Gasteiger partial charge in [-0.2, -0.15) is 4.31 Å². The minimum atomic E-state index is -3.58. The van der Waals surface area contributed by atoms with Gasteiger partial charge in [-0.3, -0.25) is 9.59 Å². The summed E-state index contributed by atoms with van der Waals surface area (Å²) in [5, 5.41) is 0. The van der Waals surface area contributed by atoms with Gasteiger partial charge in [0.1, 0.15) is 11.6 Å². The zero-order valence-corrected chi connectivity index (χ0v) is 16.7. The van der Waals surface area contributed by atoms with Crippen LogP contribution in [0, 0.1) is 11.8 Å². The van der Waals surface area contributed by atoms with Gasteiger partial charge in [-0.25, -0.2) is 8.42 Å². The molecule has 1 fully saturated rings. The van der Waals surface area contributed by atoms with Crippen molar-refractivity contribution in [1.29, 1.82) is 0 Å². The largest absolute Gasteiger partial charge is 0.299 e. The number of hydrogen-bond donors (Lipinski definition) is 0. The highest BCUT2D eigenvalue weighted by atomic mass is 32.2. The van der Waals surface area contributed by atoms with E-state index < -0.39 is 15.9 Å². The Balaban J connectivity index is 2.27. The minimum absolute atomic E-state index is 0.0976. The van der Waals surface area contributed by atoms with E-state index in [0.717, 1.165) is 19.3 Å². The van der Waals surface area contributed by atoms with E-state index in [0.29, 0.717) is 31.0 Å². The molecule has 1 aliphatic rings. The lowest BCUT2D eigenvalue weighted by molar-refractivity contribution is -0.131. The second-order valence-corrected chi connectivity index (χ2v) is 9.39. The quantitative estimate of drug-likeness (QED) is 0.618. The van der Waals surface area contributed by atoms with Crippen LogP contribution in [0.15, 0.2) is 29.2 Å². The number of nitrogens with zero attached hydrogens (tertiary/aromatic N) is 1. The van der Waals surface area contributed by atoms with E-state index >= 15 is 0 Å². The van der Waals surface area contributed by atoms with Crippen molar-refractivity contribution < 1.29 is 18.0 Å². The van der Waals surface area contributed by atoms with E-state index in [1.54, 1.807) is 24.3 Å². The second kappa shape index (κ2) is 8.91. The van der Waals surface area contributed by atoms with E-state index in [1.165, 1.54) is 11.2 Å². The van der Waals surface area contributed by atoms with Crippen molar-refractivity contribution in [3.8, 4) is 0 Å². The summed E-state index contributed by atoms with van der Waals surface area (Å²) in [6.07, 6.45) is 2.96. The molecule has 5 nitrogen and oxygen atoms in total. The molecule has 1 aromatic rings. The molecular weight excluding hydrogens is 350 g/mol. The van der Waals surface area contributed by atoms with Gasteiger partial charge in [0.25, 0.3) is 0 Å². The predicted octanol–water partition coefficient (Wildman–Crippen LogP) is 3.22. The molecule has 26 heavy (non-hydrogen) atoms. The molecule has 0 aromatic heterocycles. The van der Waals surface area contributed by atoms with Gasteiger partial charge in [0.05, 0.1) is 10.8 Å². The van der Waals surface area contributed by atoms with Crippen LogP contribution in [0.1, 0.15) is 52.0 Å². The molecule has 1 aliphatic heterocycles. The molecule has 0 amide bonds. The smallest absolute Gasteiger partial charge is 0.243 e. The van der Waals surface area contributed by atoms with Crippen LogP contribution in [0.4, 0.5) is 0 Å². The summed E-state index contributed by atoms with van der Waals surface area (Å²) in [5.74, 6) is -0.690. The molecule has 1 atom stereocenters. The number of ketones is 2. The average molecular weight is 380 g/mol. The molecule has 0 bridgehead atoms. The predicted molar refractivity (Wildman–Crippen MR) is 101 cm³/mol. The van der Waals surface area contributed by atoms with Gasteiger partial charge in [-0.05, 0) is 50.2 Å². The maximum absolute atomic E-state index is 12.9. The van der Waals surface area contributed by atoms with Crippen LogP contribution in [0.5, 0.6) is 0 Å². The van der Waals surface area contributed by atoms with Crippen molar-refractivity contribution >= 4 is 21.6 Å². The van der Waals surface area contributed by atoms with E-state index in [2.05, 4.69) is 0 Å². The second-order valence-electron chi connectivity index (χ2n) is 7.49. The molecule has 0 radical (unpaired) electrons. The van der Waals surface area contributed by atoms with Crippen molar-refractivity contribution in [2.24, 2.45) is 11.8 Å². The fourth-order valence-electron chi connectivity index (χ4n) is 3.30. The van der Waals surface area contributed by atoms with Crippen LogP contribution in [-0.4, -0.2) is 37.4 Å². The van der Waals surface area contributed by atoms with Crippen molar-refractivity contribution in [1.82, 2.24) is 4.31 Å². The van der Waals surface area contributed by atoms with Crippen molar-refractivity contribution in [3.05, 3.63) is 29.8 Å². The Labute approximate surface area is 156 Å². The highest BCUT2D eigenvalue weighted by molar-refractivity contribution is 7.89. The Bertz CT molecular complexity index is 749. The molecule has 0 saturated carbocycles. The first-order valence-electron chi connectivity index (χ1n) is 9.34. The number of carbonyl (C=O) groups is 2. The third-order valence-corrected chi connectivity index (χ3v) is 6.93. The summed E-state index contributed by atoms with van der Waals surface area (Å²) in [6.45, 7) is 6.54. The van der Waals surface area contributed by atoms with E-state index in [-0.39, 0.29) is 22.9 Å². The number of rotatable bonds is 9. The summed E-state index contributed by atoms with van der Waals surface area (Å²) < 4.78 is 27.4.